The Morgan fingerprint density at radius 1 is 1.14 bits per heavy atom. The van der Waals surface area contributed by atoms with Crippen molar-refractivity contribution in [1.82, 2.24) is 10.6 Å². The standard InChI is InChI=1S/C20H21N3O6/c1-12-10-15(8-9-16(12)23(28)29)19(25)21-11-17(24)22-18(13(2)20(26)27)14-6-4-3-5-7-14/h3-10,13,18H,11H2,1-2H3,(H,21,25)(H,22,24)(H,26,27). The zero-order valence-corrected chi connectivity index (χ0v) is 15.9. The maximum atomic E-state index is 12.3. The molecule has 2 aromatic carbocycles. The van der Waals surface area contributed by atoms with Gasteiger partial charge in [0.25, 0.3) is 11.6 Å². The number of carboxylic acids is 1. The first-order chi connectivity index (χ1) is 13.7. The Morgan fingerprint density at radius 3 is 2.34 bits per heavy atom. The molecule has 0 saturated carbocycles. The number of amides is 2. The molecule has 0 heterocycles. The van der Waals surface area contributed by atoms with Crippen LogP contribution in [0.1, 0.15) is 34.5 Å². The van der Waals surface area contributed by atoms with Crippen LogP contribution < -0.4 is 10.6 Å². The van der Waals surface area contributed by atoms with Gasteiger partial charge >= 0.3 is 5.97 Å². The summed E-state index contributed by atoms with van der Waals surface area (Å²) in [7, 11) is 0. The first-order valence-electron chi connectivity index (χ1n) is 8.81. The van der Waals surface area contributed by atoms with E-state index in [0.29, 0.717) is 11.1 Å². The van der Waals surface area contributed by atoms with Crippen molar-refractivity contribution in [3.63, 3.8) is 0 Å². The molecule has 0 aromatic heterocycles. The number of nitrogens with one attached hydrogen (secondary N) is 2. The lowest BCUT2D eigenvalue weighted by Crippen LogP contribution is -2.41. The number of hydrogen-bond acceptors (Lipinski definition) is 5. The third-order valence-corrected chi connectivity index (χ3v) is 4.43. The van der Waals surface area contributed by atoms with E-state index < -0.39 is 34.7 Å². The largest absolute Gasteiger partial charge is 0.481 e. The quantitative estimate of drug-likeness (QED) is 0.459. The summed E-state index contributed by atoms with van der Waals surface area (Å²) in [6.45, 7) is 2.63. The molecule has 0 aliphatic rings. The molecule has 9 heteroatoms. The normalized spacial score (nSPS) is 12.5. The van der Waals surface area contributed by atoms with Crippen LogP contribution in [0.3, 0.4) is 0 Å². The average molecular weight is 399 g/mol. The summed E-state index contributed by atoms with van der Waals surface area (Å²) < 4.78 is 0. The van der Waals surface area contributed by atoms with Gasteiger partial charge in [0.2, 0.25) is 5.91 Å². The average Bonchev–Trinajstić information content (AvgIpc) is 2.69. The van der Waals surface area contributed by atoms with E-state index in [1.807, 2.05) is 0 Å². The van der Waals surface area contributed by atoms with Crippen LogP contribution >= 0.6 is 0 Å². The van der Waals surface area contributed by atoms with Crippen molar-refractivity contribution in [2.24, 2.45) is 5.92 Å². The number of carbonyl (C=O) groups is 3. The molecular weight excluding hydrogens is 378 g/mol. The van der Waals surface area contributed by atoms with Crippen LogP contribution in [-0.4, -0.2) is 34.4 Å². The number of aliphatic carboxylic acids is 1. The van der Waals surface area contributed by atoms with Crippen molar-refractivity contribution in [3.8, 4) is 0 Å². The molecule has 0 radical (unpaired) electrons. The summed E-state index contributed by atoms with van der Waals surface area (Å²) in [4.78, 5) is 46.2. The molecule has 0 saturated heterocycles. The van der Waals surface area contributed by atoms with Gasteiger partial charge in [0.05, 0.1) is 23.4 Å². The highest BCUT2D eigenvalue weighted by Crippen LogP contribution is 2.22. The van der Waals surface area contributed by atoms with Gasteiger partial charge in [-0.3, -0.25) is 24.5 Å². The molecular formula is C20H21N3O6. The second-order valence-corrected chi connectivity index (χ2v) is 6.52. The van der Waals surface area contributed by atoms with Crippen LogP contribution in [0, 0.1) is 23.0 Å². The Kier molecular flexibility index (Phi) is 7.02. The van der Waals surface area contributed by atoms with Crippen LogP contribution in [-0.2, 0) is 9.59 Å². The second kappa shape index (κ2) is 9.45. The van der Waals surface area contributed by atoms with E-state index in [2.05, 4.69) is 10.6 Å². The lowest BCUT2D eigenvalue weighted by Gasteiger charge is -2.23. The summed E-state index contributed by atoms with van der Waals surface area (Å²) in [5, 5.41) is 25.2. The van der Waals surface area contributed by atoms with E-state index in [1.54, 1.807) is 30.3 Å². The molecule has 3 N–H and O–H groups in total. The van der Waals surface area contributed by atoms with Crippen LogP contribution in [0.2, 0.25) is 0 Å². The van der Waals surface area contributed by atoms with Crippen LogP contribution in [0.25, 0.3) is 0 Å². The highest BCUT2D eigenvalue weighted by Gasteiger charge is 2.26. The lowest BCUT2D eigenvalue weighted by atomic mass is 9.94. The van der Waals surface area contributed by atoms with E-state index in [1.165, 1.54) is 32.0 Å². The lowest BCUT2D eigenvalue weighted by molar-refractivity contribution is -0.385. The molecule has 2 aromatic rings. The zero-order valence-electron chi connectivity index (χ0n) is 15.9. The van der Waals surface area contributed by atoms with Gasteiger partial charge in [-0.15, -0.1) is 0 Å². The van der Waals surface area contributed by atoms with Gasteiger partial charge in [-0.1, -0.05) is 30.3 Å². The van der Waals surface area contributed by atoms with E-state index >= 15 is 0 Å². The number of carboxylic acid groups (broad SMARTS) is 1. The predicted molar refractivity (Wildman–Crippen MR) is 104 cm³/mol. The third kappa shape index (κ3) is 5.61. The SMILES string of the molecule is Cc1cc(C(=O)NCC(=O)NC(c2ccccc2)C(C)C(=O)O)ccc1[N+](=O)[O-]. The van der Waals surface area contributed by atoms with Gasteiger partial charge in [-0.25, -0.2) is 0 Å². The molecule has 0 aliphatic heterocycles. The molecule has 0 fully saturated rings. The number of carbonyl (C=O) groups excluding carboxylic acids is 2. The van der Waals surface area contributed by atoms with Crippen LogP contribution in [0.4, 0.5) is 5.69 Å². The molecule has 2 rings (SSSR count). The highest BCUT2D eigenvalue weighted by molar-refractivity contribution is 5.97. The fourth-order valence-corrected chi connectivity index (χ4v) is 2.79. The number of nitro groups is 1. The van der Waals surface area contributed by atoms with E-state index in [4.69, 9.17) is 0 Å². The van der Waals surface area contributed by atoms with Crippen LogP contribution in [0.5, 0.6) is 0 Å². The summed E-state index contributed by atoms with van der Waals surface area (Å²) in [6.07, 6.45) is 0. The topological polar surface area (TPSA) is 139 Å². The number of rotatable bonds is 8. The molecule has 0 spiro atoms. The molecule has 29 heavy (non-hydrogen) atoms. The van der Waals surface area contributed by atoms with Gasteiger partial charge in [-0.2, -0.15) is 0 Å². The maximum absolute atomic E-state index is 12.3. The number of benzene rings is 2. The van der Waals surface area contributed by atoms with Gasteiger partial charge in [0, 0.05) is 17.2 Å². The van der Waals surface area contributed by atoms with E-state index in [9.17, 15) is 29.6 Å². The minimum atomic E-state index is -1.07. The fourth-order valence-electron chi connectivity index (χ4n) is 2.79. The molecule has 2 atom stereocenters. The minimum absolute atomic E-state index is 0.104. The molecule has 2 amide bonds. The predicted octanol–water partition coefficient (Wildman–Crippen LogP) is 2.21. The van der Waals surface area contributed by atoms with Gasteiger partial charge in [0.1, 0.15) is 0 Å². The molecule has 0 aliphatic carbocycles. The van der Waals surface area contributed by atoms with Crippen molar-refractivity contribution in [2.75, 3.05) is 6.54 Å². The van der Waals surface area contributed by atoms with Crippen molar-refractivity contribution in [3.05, 3.63) is 75.3 Å². The second-order valence-electron chi connectivity index (χ2n) is 6.52. The summed E-state index contributed by atoms with van der Waals surface area (Å²) >= 11 is 0. The van der Waals surface area contributed by atoms with Crippen molar-refractivity contribution in [1.29, 1.82) is 0 Å². The minimum Gasteiger partial charge on any atom is -0.481 e. The Bertz CT molecular complexity index is 929. The molecule has 152 valence electrons. The number of aryl methyl sites for hydroxylation is 1. The summed E-state index contributed by atoms with van der Waals surface area (Å²) in [5.41, 5.74) is 1.03. The van der Waals surface area contributed by atoms with Crippen LogP contribution in [0.15, 0.2) is 48.5 Å². The van der Waals surface area contributed by atoms with Crippen molar-refractivity contribution < 1.29 is 24.4 Å². The molecule has 0 bridgehead atoms. The monoisotopic (exact) mass is 399 g/mol. The Hall–Kier alpha value is -3.75. The third-order valence-electron chi connectivity index (χ3n) is 4.43. The first-order valence-corrected chi connectivity index (χ1v) is 8.81. The Labute approximate surface area is 166 Å². The van der Waals surface area contributed by atoms with Gasteiger partial charge < -0.3 is 15.7 Å². The van der Waals surface area contributed by atoms with Gasteiger partial charge in [0.15, 0.2) is 0 Å². The van der Waals surface area contributed by atoms with Gasteiger partial charge in [-0.05, 0) is 31.5 Å². The summed E-state index contributed by atoms with van der Waals surface area (Å²) in [5.74, 6) is -3.07. The Balaban J connectivity index is 2.03. The smallest absolute Gasteiger partial charge is 0.308 e. The van der Waals surface area contributed by atoms with E-state index in [0.717, 1.165) is 0 Å². The molecule has 9 nitrogen and oxygen atoms in total. The number of nitrogens with zero attached hydrogens (tertiary/aromatic N) is 1. The Morgan fingerprint density at radius 2 is 1.79 bits per heavy atom. The fraction of sp³-hybridized carbons (Fsp3) is 0.250. The van der Waals surface area contributed by atoms with Crippen molar-refractivity contribution in [2.45, 2.75) is 19.9 Å². The maximum Gasteiger partial charge on any atom is 0.308 e. The molecule has 2 unspecified atom stereocenters. The highest BCUT2D eigenvalue weighted by atomic mass is 16.6. The first kappa shape index (κ1) is 21.5. The summed E-state index contributed by atoms with van der Waals surface area (Å²) in [6, 6.07) is 11.8. The van der Waals surface area contributed by atoms with E-state index in [-0.39, 0.29) is 17.8 Å². The zero-order chi connectivity index (χ0) is 21.6. The number of hydrogen-bond donors (Lipinski definition) is 3. The van der Waals surface area contributed by atoms with Crippen molar-refractivity contribution >= 4 is 23.5 Å². The number of nitro benzene ring substituents is 1.